The molecule has 2 aromatic carbocycles. The first-order chi connectivity index (χ1) is 8.18. The van der Waals surface area contributed by atoms with Crippen LogP contribution in [-0.2, 0) is 0 Å². The molecule has 0 spiro atoms. The third kappa shape index (κ3) is 2.87. The molecule has 0 aliphatic rings. The molecule has 2 rings (SSSR count). The third-order valence-corrected chi connectivity index (χ3v) is 3.12. The van der Waals surface area contributed by atoms with Gasteiger partial charge < -0.3 is 0 Å². The van der Waals surface area contributed by atoms with Gasteiger partial charge in [0, 0.05) is 10.6 Å². The van der Waals surface area contributed by atoms with Crippen molar-refractivity contribution in [3.8, 4) is 0 Å². The van der Waals surface area contributed by atoms with Gasteiger partial charge in [0.15, 0.2) is 5.78 Å². The predicted molar refractivity (Wildman–Crippen MR) is 70.8 cm³/mol. The van der Waals surface area contributed by atoms with Gasteiger partial charge in [0.05, 0.1) is 0 Å². The molecule has 0 heterocycles. The lowest BCUT2D eigenvalue weighted by atomic mass is 10.0. The summed E-state index contributed by atoms with van der Waals surface area (Å²) in [7, 11) is 0. The van der Waals surface area contributed by atoms with Crippen LogP contribution in [0.2, 0.25) is 5.02 Å². The Kier molecular flexibility index (Phi) is 3.82. The van der Waals surface area contributed by atoms with E-state index in [4.69, 9.17) is 23.2 Å². The van der Waals surface area contributed by atoms with Crippen molar-refractivity contribution in [2.24, 2.45) is 0 Å². The van der Waals surface area contributed by atoms with Gasteiger partial charge in [-0.05, 0) is 17.7 Å². The highest BCUT2D eigenvalue weighted by Gasteiger charge is 2.19. The molecule has 0 saturated carbocycles. The Morgan fingerprint density at radius 1 is 1.00 bits per heavy atom. The van der Waals surface area contributed by atoms with E-state index in [0.29, 0.717) is 10.6 Å². The lowest BCUT2D eigenvalue weighted by Crippen LogP contribution is -2.07. The second kappa shape index (κ2) is 5.35. The molecule has 0 aromatic heterocycles. The summed E-state index contributed by atoms with van der Waals surface area (Å²) in [6, 6.07) is 16.1. The second-order valence-electron chi connectivity index (χ2n) is 3.65. The van der Waals surface area contributed by atoms with Crippen LogP contribution in [-0.4, -0.2) is 5.78 Å². The second-order valence-corrected chi connectivity index (χ2v) is 4.52. The Balaban J connectivity index is 2.27. The van der Waals surface area contributed by atoms with Gasteiger partial charge in [0.25, 0.3) is 0 Å². The van der Waals surface area contributed by atoms with Crippen LogP contribution < -0.4 is 0 Å². The number of carbonyl (C=O) groups is 1. The van der Waals surface area contributed by atoms with Crippen LogP contribution >= 0.6 is 23.2 Å². The van der Waals surface area contributed by atoms with Crippen molar-refractivity contribution in [2.45, 2.75) is 5.38 Å². The molecule has 0 saturated heterocycles. The van der Waals surface area contributed by atoms with Crippen LogP contribution in [0.4, 0.5) is 0 Å². The van der Waals surface area contributed by atoms with E-state index in [1.807, 2.05) is 30.3 Å². The SMILES string of the molecule is O=C(c1cccc(Cl)c1)C(Cl)c1ccccc1. The Hall–Kier alpha value is -1.31. The van der Waals surface area contributed by atoms with Crippen molar-refractivity contribution in [3.63, 3.8) is 0 Å². The number of halogens is 2. The van der Waals surface area contributed by atoms with Gasteiger partial charge in [-0.15, -0.1) is 11.6 Å². The molecular formula is C14H10Cl2O. The summed E-state index contributed by atoms with van der Waals surface area (Å²) in [5, 5.41) is -0.137. The van der Waals surface area contributed by atoms with Crippen LogP contribution in [0.25, 0.3) is 0 Å². The fraction of sp³-hybridized carbons (Fsp3) is 0.0714. The molecule has 0 bridgehead atoms. The molecule has 1 unspecified atom stereocenters. The zero-order chi connectivity index (χ0) is 12.3. The van der Waals surface area contributed by atoms with Gasteiger partial charge in [0.2, 0.25) is 0 Å². The maximum Gasteiger partial charge on any atom is 0.185 e. The summed E-state index contributed by atoms with van der Waals surface area (Å²) in [6.07, 6.45) is 0. The van der Waals surface area contributed by atoms with Gasteiger partial charge in [-0.1, -0.05) is 54.1 Å². The summed E-state index contributed by atoms with van der Waals surface area (Å²) in [6.45, 7) is 0. The fourth-order valence-electron chi connectivity index (χ4n) is 1.56. The van der Waals surface area contributed by atoms with Crippen molar-refractivity contribution < 1.29 is 4.79 Å². The Labute approximate surface area is 110 Å². The molecule has 0 amide bonds. The largest absolute Gasteiger partial charge is 0.292 e. The van der Waals surface area contributed by atoms with E-state index in [9.17, 15) is 4.79 Å². The van der Waals surface area contributed by atoms with Crippen LogP contribution in [0.5, 0.6) is 0 Å². The van der Waals surface area contributed by atoms with Crippen molar-refractivity contribution in [1.82, 2.24) is 0 Å². The maximum absolute atomic E-state index is 12.1. The van der Waals surface area contributed by atoms with E-state index in [1.54, 1.807) is 24.3 Å². The molecule has 17 heavy (non-hydrogen) atoms. The van der Waals surface area contributed by atoms with E-state index in [1.165, 1.54) is 0 Å². The van der Waals surface area contributed by atoms with Crippen LogP contribution in [0.15, 0.2) is 54.6 Å². The predicted octanol–water partition coefficient (Wildman–Crippen LogP) is 4.50. The number of hydrogen-bond acceptors (Lipinski definition) is 1. The zero-order valence-electron chi connectivity index (χ0n) is 8.94. The molecule has 0 radical (unpaired) electrons. The Bertz CT molecular complexity index is 523. The van der Waals surface area contributed by atoms with Gasteiger partial charge in [-0.3, -0.25) is 4.79 Å². The summed E-state index contributed by atoms with van der Waals surface area (Å²) < 4.78 is 0. The van der Waals surface area contributed by atoms with Crippen LogP contribution in [0.3, 0.4) is 0 Å². The molecule has 86 valence electrons. The number of hydrogen-bond donors (Lipinski definition) is 0. The van der Waals surface area contributed by atoms with E-state index in [2.05, 4.69) is 0 Å². The van der Waals surface area contributed by atoms with E-state index < -0.39 is 5.38 Å². The molecule has 1 atom stereocenters. The highest BCUT2D eigenvalue weighted by Crippen LogP contribution is 2.25. The van der Waals surface area contributed by atoms with Gasteiger partial charge in [-0.25, -0.2) is 0 Å². The first-order valence-corrected chi connectivity index (χ1v) is 5.99. The van der Waals surface area contributed by atoms with Gasteiger partial charge in [-0.2, -0.15) is 0 Å². The highest BCUT2D eigenvalue weighted by molar-refractivity contribution is 6.35. The minimum absolute atomic E-state index is 0.139. The molecular weight excluding hydrogens is 255 g/mol. The molecule has 0 aliphatic carbocycles. The molecule has 2 aromatic rings. The smallest absolute Gasteiger partial charge is 0.185 e. The van der Waals surface area contributed by atoms with E-state index in [-0.39, 0.29) is 5.78 Å². The van der Waals surface area contributed by atoms with Crippen LogP contribution in [0, 0.1) is 0 Å². The summed E-state index contributed by atoms with van der Waals surface area (Å²) in [4.78, 5) is 12.1. The lowest BCUT2D eigenvalue weighted by molar-refractivity contribution is 0.0987. The number of ketones is 1. The van der Waals surface area contributed by atoms with Crippen molar-refractivity contribution in [1.29, 1.82) is 0 Å². The maximum atomic E-state index is 12.1. The summed E-state index contributed by atoms with van der Waals surface area (Å²) in [5.41, 5.74) is 1.32. The first kappa shape index (κ1) is 12.2. The standard InChI is InChI=1S/C14H10Cl2O/c15-12-8-4-7-11(9-12)14(17)13(16)10-5-2-1-3-6-10/h1-9,13H. The molecule has 0 N–H and O–H groups in total. The number of alkyl halides is 1. The lowest BCUT2D eigenvalue weighted by Gasteiger charge is -2.08. The average molecular weight is 265 g/mol. The van der Waals surface area contributed by atoms with Gasteiger partial charge >= 0.3 is 0 Å². The topological polar surface area (TPSA) is 17.1 Å². The van der Waals surface area contributed by atoms with Crippen molar-refractivity contribution >= 4 is 29.0 Å². The Morgan fingerprint density at radius 2 is 1.71 bits per heavy atom. The average Bonchev–Trinajstić information content (AvgIpc) is 2.38. The zero-order valence-corrected chi connectivity index (χ0v) is 10.4. The minimum atomic E-state index is -0.672. The first-order valence-electron chi connectivity index (χ1n) is 5.17. The number of rotatable bonds is 3. The summed E-state index contributed by atoms with van der Waals surface area (Å²) in [5.74, 6) is -0.139. The molecule has 1 nitrogen and oxygen atoms in total. The Morgan fingerprint density at radius 3 is 2.35 bits per heavy atom. The number of benzene rings is 2. The van der Waals surface area contributed by atoms with E-state index >= 15 is 0 Å². The quantitative estimate of drug-likeness (QED) is 0.589. The monoisotopic (exact) mass is 264 g/mol. The van der Waals surface area contributed by atoms with Gasteiger partial charge in [0.1, 0.15) is 5.38 Å². The summed E-state index contributed by atoms with van der Waals surface area (Å²) >= 11 is 12.0. The molecule has 0 fully saturated rings. The van der Waals surface area contributed by atoms with E-state index in [0.717, 1.165) is 5.56 Å². The van der Waals surface area contributed by atoms with Crippen LogP contribution in [0.1, 0.15) is 21.3 Å². The highest BCUT2D eigenvalue weighted by atomic mass is 35.5. The van der Waals surface area contributed by atoms with Crippen molar-refractivity contribution in [3.05, 3.63) is 70.7 Å². The fourth-order valence-corrected chi connectivity index (χ4v) is 2.02. The minimum Gasteiger partial charge on any atom is -0.292 e. The third-order valence-electron chi connectivity index (χ3n) is 2.43. The molecule has 0 aliphatic heterocycles. The number of Topliss-reactive ketones (excluding diaryl/α,β-unsaturated/α-hetero) is 1. The normalized spacial score (nSPS) is 12.1. The molecule has 3 heteroatoms. The van der Waals surface area contributed by atoms with Crippen molar-refractivity contribution in [2.75, 3.05) is 0 Å². The number of carbonyl (C=O) groups excluding carboxylic acids is 1.